The lowest BCUT2D eigenvalue weighted by Gasteiger charge is -2.36. The fourth-order valence-corrected chi connectivity index (χ4v) is 4.76. The molecule has 5 rings (SSSR count). The number of hydrogen-bond donors (Lipinski definition) is 2. The van der Waals surface area contributed by atoms with Crippen molar-refractivity contribution in [3.05, 3.63) is 58.5 Å². The van der Waals surface area contributed by atoms with Crippen molar-refractivity contribution in [2.45, 2.75) is 24.8 Å². The Bertz CT molecular complexity index is 1030. The number of rotatable bonds is 2. The zero-order valence-corrected chi connectivity index (χ0v) is 14.9. The smallest absolute Gasteiger partial charge is 0.161 e. The molecule has 0 amide bonds. The van der Waals surface area contributed by atoms with Crippen molar-refractivity contribution in [3.63, 3.8) is 0 Å². The Labute approximate surface area is 151 Å². The third-order valence-electron chi connectivity index (χ3n) is 5.94. The molecule has 1 aromatic heterocycles. The molecule has 134 valence electrons. The summed E-state index contributed by atoms with van der Waals surface area (Å²) < 4.78 is 24.8. The molecular formula is C21H21FN2O2. The summed E-state index contributed by atoms with van der Waals surface area (Å²) in [6, 6.07) is 9.17. The minimum atomic E-state index is -0.280. The third kappa shape index (κ3) is 1.98. The Balaban J connectivity index is 1.76. The highest BCUT2D eigenvalue weighted by molar-refractivity contribution is 5.86. The molecule has 5 heteroatoms. The van der Waals surface area contributed by atoms with Crippen LogP contribution < -0.4 is 14.8 Å². The van der Waals surface area contributed by atoms with Gasteiger partial charge in [0.15, 0.2) is 11.5 Å². The number of aromatic nitrogens is 1. The summed E-state index contributed by atoms with van der Waals surface area (Å²) in [5.41, 5.74) is 5.60. The van der Waals surface area contributed by atoms with Gasteiger partial charge in [0.05, 0.1) is 19.8 Å². The van der Waals surface area contributed by atoms with E-state index in [-0.39, 0.29) is 11.4 Å². The van der Waals surface area contributed by atoms with Crippen LogP contribution >= 0.6 is 0 Å². The average Bonchev–Trinajstić information content (AvgIpc) is 3.20. The molecule has 3 aromatic rings. The molecule has 0 bridgehead atoms. The zero-order chi connectivity index (χ0) is 17.9. The quantitative estimate of drug-likeness (QED) is 0.740. The first kappa shape index (κ1) is 15.7. The van der Waals surface area contributed by atoms with E-state index < -0.39 is 0 Å². The molecule has 1 aliphatic carbocycles. The molecule has 4 nitrogen and oxygen atoms in total. The van der Waals surface area contributed by atoms with Crippen LogP contribution in [0.4, 0.5) is 4.39 Å². The number of nitrogens with one attached hydrogen (secondary N) is 2. The SMILES string of the molecule is COc1cc2c(cc1OC)C1(CC2)NCCc2c1[nH]c1ccc(F)cc21. The standard InChI is InChI=1S/C21H21FN2O2/c1-25-18-9-12-5-7-21(16(12)11-19(18)26-2)20-14(6-8-23-21)15-10-13(22)3-4-17(15)24-20/h3-4,9-11,23-24H,5-8H2,1-2H3. The number of halogens is 1. The van der Waals surface area contributed by atoms with E-state index in [1.165, 1.54) is 22.8 Å². The highest BCUT2D eigenvalue weighted by Crippen LogP contribution is 2.49. The number of benzene rings is 2. The Hall–Kier alpha value is -2.53. The van der Waals surface area contributed by atoms with Crippen LogP contribution in [0.5, 0.6) is 11.5 Å². The molecule has 26 heavy (non-hydrogen) atoms. The summed E-state index contributed by atoms with van der Waals surface area (Å²) in [6.07, 6.45) is 2.82. The van der Waals surface area contributed by atoms with Gasteiger partial charge in [0.25, 0.3) is 0 Å². The van der Waals surface area contributed by atoms with E-state index in [0.29, 0.717) is 0 Å². The van der Waals surface area contributed by atoms with Crippen molar-refractivity contribution in [2.75, 3.05) is 20.8 Å². The van der Waals surface area contributed by atoms with Gasteiger partial charge in [-0.3, -0.25) is 0 Å². The van der Waals surface area contributed by atoms with Gasteiger partial charge < -0.3 is 19.8 Å². The highest BCUT2D eigenvalue weighted by Gasteiger charge is 2.45. The van der Waals surface area contributed by atoms with Gasteiger partial charge in [-0.15, -0.1) is 0 Å². The van der Waals surface area contributed by atoms with E-state index in [1.807, 2.05) is 6.07 Å². The first-order valence-electron chi connectivity index (χ1n) is 8.97. The first-order chi connectivity index (χ1) is 12.7. The van der Waals surface area contributed by atoms with E-state index in [9.17, 15) is 4.39 Å². The Kier molecular flexibility index (Phi) is 3.31. The zero-order valence-electron chi connectivity index (χ0n) is 14.9. The second kappa shape index (κ2) is 5.48. The molecule has 1 aliphatic heterocycles. The van der Waals surface area contributed by atoms with Crippen molar-refractivity contribution in [3.8, 4) is 11.5 Å². The lowest BCUT2D eigenvalue weighted by atomic mass is 9.82. The molecule has 1 spiro atoms. The maximum Gasteiger partial charge on any atom is 0.161 e. The molecule has 2 heterocycles. The van der Waals surface area contributed by atoms with E-state index in [4.69, 9.17) is 9.47 Å². The maximum atomic E-state index is 13.8. The summed E-state index contributed by atoms with van der Waals surface area (Å²) in [4.78, 5) is 3.58. The fraction of sp³-hybridized carbons (Fsp3) is 0.333. The largest absolute Gasteiger partial charge is 0.493 e. The first-order valence-corrected chi connectivity index (χ1v) is 8.97. The molecule has 2 aliphatic rings. The van der Waals surface area contributed by atoms with Crippen molar-refractivity contribution >= 4 is 10.9 Å². The number of fused-ring (bicyclic) bond motifs is 6. The van der Waals surface area contributed by atoms with Crippen LogP contribution in [-0.4, -0.2) is 25.7 Å². The predicted octanol–water partition coefficient (Wildman–Crippen LogP) is 3.66. The molecular weight excluding hydrogens is 331 g/mol. The summed E-state index contributed by atoms with van der Waals surface area (Å²) in [5.74, 6) is 1.31. The molecule has 0 fully saturated rings. The van der Waals surface area contributed by atoms with E-state index in [2.05, 4.69) is 22.4 Å². The maximum absolute atomic E-state index is 13.8. The number of ether oxygens (including phenoxy) is 2. The topological polar surface area (TPSA) is 46.3 Å². The second-order valence-corrected chi connectivity index (χ2v) is 7.11. The summed E-state index contributed by atoms with van der Waals surface area (Å²) >= 11 is 0. The van der Waals surface area contributed by atoms with Gasteiger partial charge in [0.2, 0.25) is 0 Å². The van der Waals surface area contributed by atoms with Crippen molar-refractivity contribution in [2.24, 2.45) is 0 Å². The fourth-order valence-electron chi connectivity index (χ4n) is 4.76. The van der Waals surface area contributed by atoms with Crippen molar-refractivity contribution in [1.82, 2.24) is 10.3 Å². The van der Waals surface area contributed by atoms with E-state index in [1.54, 1.807) is 20.3 Å². The Morgan fingerprint density at radius 2 is 1.85 bits per heavy atom. The minimum absolute atomic E-state index is 0.190. The number of aromatic amines is 1. The summed E-state index contributed by atoms with van der Waals surface area (Å²) in [6.45, 7) is 0.865. The highest BCUT2D eigenvalue weighted by atomic mass is 19.1. The molecule has 0 saturated carbocycles. The molecule has 2 aromatic carbocycles. The van der Waals surface area contributed by atoms with Crippen LogP contribution in [0, 0.1) is 5.82 Å². The molecule has 0 radical (unpaired) electrons. The van der Waals surface area contributed by atoms with Crippen LogP contribution in [0.25, 0.3) is 10.9 Å². The monoisotopic (exact) mass is 352 g/mol. The van der Waals surface area contributed by atoms with Crippen LogP contribution in [0.1, 0.15) is 28.8 Å². The van der Waals surface area contributed by atoms with Crippen LogP contribution in [0.15, 0.2) is 30.3 Å². The normalized spacial score (nSPS) is 21.0. The Morgan fingerprint density at radius 1 is 1.04 bits per heavy atom. The molecule has 1 atom stereocenters. The van der Waals surface area contributed by atoms with Crippen LogP contribution in [-0.2, 0) is 18.4 Å². The lowest BCUT2D eigenvalue weighted by Crippen LogP contribution is -2.46. The van der Waals surface area contributed by atoms with Gasteiger partial charge >= 0.3 is 0 Å². The lowest BCUT2D eigenvalue weighted by molar-refractivity contribution is 0.349. The molecule has 0 saturated heterocycles. The van der Waals surface area contributed by atoms with Crippen molar-refractivity contribution in [1.29, 1.82) is 0 Å². The summed E-state index contributed by atoms with van der Waals surface area (Å²) in [5, 5.41) is 4.75. The number of H-pyrrole nitrogens is 1. The van der Waals surface area contributed by atoms with Gasteiger partial charge in [0, 0.05) is 23.1 Å². The van der Waals surface area contributed by atoms with Gasteiger partial charge in [-0.25, -0.2) is 4.39 Å². The van der Waals surface area contributed by atoms with Crippen LogP contribution in [0.2, 0.25) is 0 Å². The number of hydrogen-bond acceptors (Lipinski definition) is 3. The predicted molar refractivity (Wildman–Crippen MR) is 98.6 cm³/mol. The number of methoxy groups -OCH3 is 2. The number of aryl methyl sites for hydroxylation is 1. The van der Waals surface area contributed by atoms with Gasteiger partial charge in [-0.05, 0) is 66.3 Å². The molecule has 1 unspecified atom stereocenters. The van der Waals surface area contributed by atoms with Gasteiger partial charge in [-0.1, -0.05) is 0 Å². The van der Waals surface area contributed by atoms with E-state index in [0.717, 1.165) is 53.9 Å². The average molecular weight is 352 g/mol. The van der Waals surface area contributed by atoms with Gasteiger partial charge in [-0.2, -0.15) is 0 Å². The summed E-state index contributed by atoms with van der Waals surface area (Å²) in [7, 11) is 3.33. The Morgan fingerprint density at radius 3 is 2.65 bits per heavy atom. The van der Waals surface area contributed by atoms with E-state index >= 15 is 0 Å². The second-order valence-electron chi connectivity index (χ2n) is 7.11. The van der Waals surface area contributed by atoms with Gasteiger partial charge in [0.1, 0.15) is 5.82 Å². The molecule has 2 N–H and O–H groups in total. The van der Waals surface area contributed by atoms with Crippen LogP contribution in [0.3, 0.4) is 0 Å². The van der Waals surface area contributed by atoms with Crippen molar-refractivity contribution < 1.29 is 13.9 Å². The third-order valence-corrected chi connectivity index (χ3v) is 5.94. The minimum Gasteiger partial charge on any atom is -0.493 e.